The molecular weight excluding hydrogens is 333 g/mol. The van der Waals surface area contributed by atoms with Gasteiger partial charge in [0.2, 0.25) is 5.95 Å². The largest absolute Gasteiger partial charge is 0.456 e. The number of fused-ring (bicyclic) bond motifs is 1. The number of hydrogen-bond acceptors (Lipinski definition) is 5. The van der Waals surface area contributed by atoms with E-state index in [1.165, 1.54) is 12.1 Å². The Balaban J connectivity index is 1.73. The molecule has 1 aromatic carbocycles. The SMILES string of the molecule is CC(C)CNc1cnc2ccc(C(=O)OCc3cccc(F)n3)cc2c1. The number of nitrogens with zero attached hydrogens (tertiary/aromatic N) is 2. The fourth-order valence-electron chi connectivity index (χ4n) is 2.43. The third-order valence-electron chi connectivity index (χ3n) is 3.76. The van der Waals surface area contributed by atoms with Crippen molar-refractivity contribution in [3.63, 3.8) is 0 Å². The van der Waals surface area contributed by atoms with Crippen LogP contribution in [0.5, 0.6) is 0 Å². The van der Waals surface area contributed by atoms with Gasteiger partial charge >= 0.3 is 5.97 Å². The predicted molar refractivity (Wildman–Crippen MR) is 98.4 cm³/mol. The summed E-state index contributed by atoms with van der Waals surface area (Å²) >= 11 is 0. The molecule has 1 N–H and O–H groups in total. The molecule has 0 bridgehead atoms. The normalized spacial score (nSPS) is 10.9. The molecule has 0 aliphatic heterocycles. The van der Waals surface area contributed by atoms with Crippen molar-refractivity contribution in [1.29, 1.82) is 0 Å². The van der Waals surface area contributed by atoms with Crippen molar-refractivity contribution in [1.82, 2.24) is 9.97 Å². The van der Waals surface area contributed by atoms with Crippen LogP contribution in [0.15, 0.2) is 48.7 Å². The van der Waals surface area contributed by atoms with E-state index in [2.05, 4.69) is 29.1 Å². The number of halogens is 1. The van der Waals surface area contributed by atoms with E-state index in [-0.39, 0.29) is 6.61 Å². The van der Waals surface area contributed by atoms with Gasteiger partial charge < -0.3 is 10.1 Å². The Morgan fingerprint density at radius 2 is 2.08 bits per heavy atom. The minimum absolute atomic E-state index is 0.0805. The minimum Gasteiger partial charge on any atom is -0.456 e. The molecule has 0 radical (unpaired) electrons. The Labute approximate surface area is 151 Å². The molecule has 2 heterocycles. The summed E-state index contributed by atoms with van der Waals surface area (Å²) < 4.78 is 18.3. The summed E-state index contributed by atoms with van der Waals surface area (Å²) in [5.74, 6) is -0.571. The summed E-state index contributed by atoms with van der Waals surface area (Å²) in [7, 11) is 0. The first-order valence-electron chi connectivity index (χ1n) is 8.43. The second kappa shape index (κ2) is 7.91. The van der Waals surface area contributed by atoms with Gasteiger partial charge in [0.05, 0.1) is 28.7 Å². The van der Waals surface area contributed by atoms with E-state index in [1.807, 2.05) is 6.07 Å². The third kappa shape index (κ3) is 4.53. The number of pyridine rings is 2. The molecule has 0 unspecified atom stereocenters. The van der Waals surface area contributed by atoms with Crippen LogP contribution in [0.25, 0.3) is 10.9 Å². The van der Waals surface area contributed by atoms with Gasteiger partial charge in [-0.3, -0.25) is 4.98 Å². The lowest BCUT2D eigenvalue weighted by molar-refractivity contribution is 0.0467. The molecule has 0 amide bonds. The van der Waals surface area contributed by atoms with Gasteiger partial charge in [0.15, 0.2) is 0 Å². The van der Waals surface area contributed by atoms with E-state index >= 15 is 0 Å². The van der Waals surface area contributed by atoms with Gasteiger partial charge in [-0.05, 0) is 42.3 Å². The maximum Gasteiger partial charge on any atom is 0.338 e. The number of ether oxygens (including phenoxy) is 1. The smallest absolute Gasteiger partial charge is 0.338 e. The summed E-state index contributed by atoms with van der Waals surface area (Å²) in [6.45, 7) is 5.02. The summed E-state index contributed by atoms with van der Waals surface area (Å²) in [6, 6.07) is 11.5. The number of rotatable bonds is 6. The maximum atomic E-state index is 13.1. The van der Waals surface area contributed by atoms with Gasteiger partial charge in [0.25, 0.3) is 0 Å². The van der Waals surface area contributed by atoms with Gasteiger partial charge in [-0.2, -0.15) is 4.39 Å². The molecule has 0 spiro atoms. The Bertz CT molecular complexity index is 928. The van der Waals surface area contributed by atoms with Crippen LogP contribution in [0.1, 0.15) is 29.9 Å². The Hall–Kier alpha value is -3.02. The third-order valence-corrected chi connectivity index (χ3v) is 3.76. The zero-order valence-corrected chi connectivity index (χ0v) is 14.7. The average Bonchev–Trinajstić information content (AvgIpc) is 2.63. The van der Waals surface area contributed by atoms with Crippen LogP contribution in [-0.2, 0) is 11.3 Å². The van der Waals surface area contributed by atoms with E-state index in [0.29, 0.717) is 17.2 Å². The zero-order chi connectivity index (χ0) is 18.5. The number of aromatic nitrogens is 2. The highest BCUT2D eigenvalue weighted by atomic mass is 19.1. The standard InChI is InChI=1S/C20H20FN3O2/c1-13(2)10-22-17-9-15-8-14(6-7-18(15)23-11-17)20(25)26-12-16-4-3-5-19(21)24-16/h3-9,11,13,22H,10,12H2,1-2H3. The van der Waals surface area contributed by atoms with Gasteiger partial charge in [-0.1, -0.05) is 19.9 Å². The Morgan fingerprint density at radius 3 is 2.85 bits per heavy atom. The number of esters is 1. The molecule has 3 rings (SSSR count). The number of nitrogens with one attached hydrogen (secondary N) is 1. The van der Waals surface area contributed by atoms with E-state index in [0.717, 1.165) is 23.1 Å². The quantitative estimate of drug-likeness (QED) is 0.532. The van der Waals surface area contributed by atoms with E-state index in [1.54, 1.807) is 30.5 Å². The fraction of sp³-hybridized carbons (Fsp3) is 0.250. The monoisotopic (exact) mass is 353 g/mol. The van der Waals surface area contributed by atoms with E-state index < -0.39 is 11.9 Å². The second-order valence-corrected chi connectivity index (χ2v) is 6.43. The van der Waals surface area contributed by atoms with Gasteiger partial charge in [-0.15, -0.1) is 0 Å². The van der Waals surface area contributed by atoms with Crippen molar-refractivity contribution in [3.05, 3.63) is 65.9 Å². The highest BCUT2D eigenvalue weighted by molar-refractivity contribution is 5.95. The molecule has 6 heteroatoms. The van der Waals surface area contributed by atoms with Crippen molar-refractivity contribution < 1.29 is 13.9 Å². The van der Waals surface area contributed by atoms with Gasteiger partial charge in [0, 0.05) is 11.9 Å². The molecule has 0 saturated heterocycles. The van der Waals surface area contributed by atoms with Crippen LogP contribution < -0.4 is 5.32 Å². The van der Waals surface area contributed by atoms with Crippen LogP contribution >= 0.6 is 0 Å². The zero-order valence-electron chi connectivity index (χ0n) is 14.7. The number of carbonyl (C=O) groups excluding carboxylic acids is 1. The summed E-state index contributed by atoms with van der Waals surface area (Å²) in [6.07, 6.45) is 1.78. The molecular formula is C20H20FN3O2. The highest BCUT2D eigenvalue weighted by Crippen LogP contribution is 2.19. The van der Waals surface area contributed by atoms with Crippen molar-refractivity contribution in [3.8, 4) is 0 Å². The molecule has 5 nitrogen and oxygen atoms in total. The minimum atomic E-state index is -0.600. The lowest BCUT2D eigenvalue weighted by atomic mass is 10.1. The molecule has 0 fully saturated rings. The van der Waals surface area contributed by atoms with Crippen molar-refractivity contribution in [2.45, 2.75) is 20.5 Å². The first kappa shape index (κ1) is 17.8. The molecule has 0 aliphatic carbocycles. The van der Waals surface area contributed by atoms with Gasteiger partial charge in [0.1, 0.15) is 6.61 Å². The topological polar surface area (TPSA) is 64.1 Å². The predicted octanol–water partition coefficient (Wildman–Crippen LogP) is 4.19. The van der Waals surface area contributed by atoms with Crippen molar-refractivity contribution in [2.24, 2.45) is 5.92 Å². The molecule has 134 valence electrons. The highest BCUT2D eigenvalue weighted by Gasteiger charge is 2.10. The van der Waals surface area contributed by atoms with E-state index in [4.69, 9.17) is 4.74 Å². The number of benzene rings is 1. The molecule has 0 aliphatic rings. The fourth-order valence-corrected chi connectivity index (χ4v) is 2.43. The maximum absolute atomic E-state index is 13.1. The van der Waals surface area contributed by atoms with Crippen LogP contribution in [0, 0.1) is 11.9 Å². The lowest BCUT2D eigenvalue weighted by Gasteiger charge is -2.10. The number of carbonyl (C=O) groups is 1. The first-order chi connectivity index (χ1) is 12.5. The summed E-state index contributed by atoms with van der Waals surface area (Å²) in [5, 5.41) is 4.16. The summed E-state index contributed by atoms with van der Waals surface area (Å²) in [4.78, 5) is 20.3. The number of hydrogen-bond donors (Lipinski definition) is 1. The molecule has 0 atom stereocenters. The van der Waals surface area contributed by atoms with Crippen molar-refractivity contribution >= 4 is 22.6 Å². The molecule has 2 aromatic heterocycles. The van der Waals surface area contributed by atoms with Crippen LogP contribution in [-0.4, -0.2) is 22.5 Å². The van der Waals surface area contributed by atoms with Crippen LogP contribution in [0.3, 0.4) is 0 Å². The lowest BCUT2D eigenvalue weighted by Crippen LogP contribution is -2.08. The van der Waals surface area contributed by atoms with Crippen LogP contribution in [0.2, 0.25) is 0 Å². The molecule has 26 heavy (non-hydrogen) atoms. The molecule has 0 saturated carbocycles. The average molecular weight is 353 g/mol. The van der Waals surface area contributed by atoms with Crippen LogP contribution in [0.4, 0.5) is 10.1 Å². The van der Waals surface area contributed by atoms with E-state index in [9.17, 15) is 9.18 Å². The summed E-state index contributed by atoms with van der Waals surface area (Å²) in [5.41, 5.74) is 2.47. The first-order valence-corrected chi connectivity index (χ1v) is 8.43. The number of anilines is 1. The van der Waals surface area contributed by atoms with Gasteiger partial charge in [-0.25, -0.2) is 9.78 Å². The Morgan fingerprint density at radius 1 is 1.23 bits per heavy atom. The Kier molecular flexibility index (Phi) is 5.41. The molecule has 3 aromatic rings. The van der Waals surface area contributed by atoms with Crippen molar-refractivity contribution in [2.75, 3.05) is 11.9 Å². The second-order valence-electron chi connectivity index (χ2n) is 6.43.